The smallest absolute Gasteiger partial charge is 0.222 e. The molecule has 0 heterocycles. The van der Waals surface area contributed by atoms with E-state index in [2.05, 4.69) is 5.32 Å². The molecule has 0 saturated heterocycles. The molecule has 2 rings (SSSR count). The van der Waals surface area contributed by atoms with Gasteiger partial charge in [-0.1, -0.05) is 23.7 Å². The summed E-state index contributed by atoms with van der Waals surface area (Å²) in [6.07, 6.45) is 1.76. The summed E-state index contributed by atoms with van der Waals surface area (Å²) in [5, 5.41) is 13.3. The van der Waals surface area contributed by atoms with Crippen LogP contribution in [0.2, 0.25) is 5.02 Å². The third-order valence-corrected chi connectivity index (χ3v) is 3.17. The van der Waals surface area contributed by atoms with E-state index in [1.807, 2.05) is 0 Å². The molecule has 2 N–H and O–H groups in total. The maximum Gasteiger partial charge on any atom is 0.222 e. The van der Waals surface area contributed by atoms with Crippen molar-refractivity contribution in [1.82, 2.24) is 5.32 Å². The van der Waals surface area contributed by atoms with Crippen LogP contribution >= 0.6 is 11.6 Å². The molecule has 1 aliphatic rings. The van der Waals surface area contributed by atoms with Gasteiger partial charge in [0, 0.05) is 11.6 Å². The minimum Gasteiger partial charge on any atom is -0.388 e. The van der Waals surface area contributed by atoms with E-state index in [0.29, 0.717) is 10.9 Å². The van der Waals surface area contributed by atoms with Crippen LogP contribution < -0.4 is 5.32 Å². The van der Waals surface area contributed by atoms with Crippen LogP contribution in [0.4, 0.5) is 0 Å². The first-order valence-electron chi connectivity index (χ1n) is 5.85. The second kappa shape index (κ2) is 5.52. The van der Waals surface area contributed by atoms with Crippen LogP contribution in [0.15, 0.2) is 24.3 Å². The van der Waals surface area contributed by atoms with Gasteiger partial charge in [-0.15, -0.1) is 0 Å². The lowest BCUT2D eigenvalue weighted by Gasteiger charge is -2.11. The summed E-state index contributed by atoms with van der Waals surface area (Å²) in [7, 11) is 0. The topological polar surface area (TPSA) is 49.3 Å². The SMILES string of the molecule is O=C(CC(O)c1ccc(Cl)cc1)NCC1CC1. The average molecular weight is 254 g/mol. The first-order valence-corrected chi connectivity index (χ1v) is 6.23. The standard InChI is InChI=1S/C13H16ClNO2/c14-11-5-3-10(4-6-11)12(16)7-13(17)15-8-9-1-2-9/h3-6,9,12,16H,1-2,7-8H2,(H,15,17). The zero-order chi connectivity index (χ0) is 12.3. The zero-order valence-corrected chi connectivity index (χ0v) is 10.3. The fraction of sp³-hybridized carbons (Fsp3) is 0.462. The number of amides is 1. The van der Waals surface area contributed by atoms with Gasteiger partial charge >= 0.3 is 0 Å². The van der Waals surface area contributed by atoms with Crippen molar-refractivity contribution in [3.8, 4) is 0 Å². The molecule has 1 aromatic carbocycles. The highest BCUT2D eigenvalue weighted by molar-refractivity contribution is 6.30. The lowest BCUT2D eigenvalue weighted by molar-refractivity contribution is -0.123. The zero-order valence-electron chi connectivity index (χ0n) is 9.53. The Kier molecular flexibility index (Phi) is 4.02. The fourth-order valence-electron chi connectivity index (χ4n) is 1.63. The van der Waals surface area contributed by atoms with Crippen molar-refractivity contribution in [1.29, 1.82) is 0 Å². The molecule has 1 atom stereocenters. The lowest BCUT2D eigenvalue weighted by atomic mass is 10.1. The van der Waals surface area contributed by atoms with Gasteiger partial charge in [-0.2, -0.15) is 0 Å². The van der Waals surface area contributed by atoms with Crippen molar-refractivity contribution >= 4 is 17.5 Å². The Morgan fingerprint density at radius 1 is 1.41 bits per heavy atom. The Morgan fingerprint density at radius 2 is 2.06 bits per heavy atom. The number of benzene rings is 1. The molecule has 0 aliphatic heterocycles. The molecule has 1 amide bonds. The maximum atomic E-state index is 11.5. The number of halogens is 1. The Morgan fingerprint density at radius 3 is 2.65 bits per heavy atom. The number of hydrogen-bond donors (Lipinski definition) is 2. The summed E-state index contributed by atoms with van der Waals surface area (Å²) in [6.45, 7) is 0.742. The van der Waals surface area contributed by atoms with Gasteiger partial charge in [-0.25, -0.2) is 0 Å². The van der Waals surface area contributed by atoms with Crippen LogP contribution in [0, 0.1) is 5.92 Å². The summed E-state index contributed by atoms with van der Waals surface area (Å²) in [5.74, 6) is 0.561. The summed E-state index contributed by atoms with van der Waals surface area (Å²) < 4.78 is 0. The number of aliphatic hydroxyl groups excluding tert-OH is 1. The number of hydrogen-bond acceptors (Lipinski definition) is 2. The van der Waals surface area contributed by atoms with E-state index in [0.717, 1.165) is 12.1 Å². The molecule has 17 heavy (non-hydrogen) atoms. The second-order valence-electron chi connectivity index (χ2n) is 4.52. The van der Waals surface area contributed by atoms with Gasteiger partial charge in [0.25, 0.3) is 0 Å². The van der Waals surface area contributed by atoms with Crippen molar-refractivity contribution in [2.45, 2.75) is 25.4 Å². The molecule has 0 spiro atoms. The number of carbonyl (C=O) groups is 1. The Labute approximate surface area is 106 Å². The van der Waals surface area contributed by atoms with E-state index in [1.54, 1.807) is 24.3 Å². The van der Waals surface area contributed by atoms with E-state index in [1.165, 1.54) is 12.8 Å². The van der Waals surface area contributed by atoms with Gasteiger partial charge in [0.1, 0.15) is 0 Å². The van der Waals surface area contributed by atoms with E-state index >= 15 is 0 Å². The van der Waals surface area contributed by atoms with Crippen molar-refractivity contribution < 1.29 is 9.90 Å². The van der Waals surface area contributed by atoms with E-state index < -0.39 is 6.10 Å². The molecule has 0 bridgehead atoms. The minimum atomic E-state index is -0.758. The van der Waals surface area contributed by atoms with Crippen LogP contribution in [0.1, 0.15) is 30.9 Å². The van der Waals surface area contributed by atoms with Crippen LogP contribution in [0.25, 0.3) is 0 Å². The average Bonchev–Trinajstić information content (AvgIpc) is 3.11. The minimum absolute atomic E-state index is 0.0978. The fourth-order valence-corrected chi connectivity index (χ4v) is 1.76. The molecule has 1 aromatic rings. The summed E-state index contributed by atoms with van der Waals surface area (Å²) in [4.78, 5) is 11.5. The number of nitrogens with one attached hydrogen (secondary N) is 1. The number of carbonyl (C=O) groups excluding carboxylic acids is 1. The first kappa shape index (κ1) is 12.4. The molecule has 1 fully saturated rings. The normalized spacial score (nSPS) is 16.6. The third-order valence-electron chi connectivity index (χ3n) is 2.92. The molecular formula is C13H16ClNO2. The highest BCUT2D eigenvalue weighted by Gasteiger charge is 2.22. The molecule has 1 saturated carbocycles. The molecule has 3 nitrogen and oxygen atoms in total. The van der Waals surface area contributed by atoms with Gasteiger partial charge in [0.05, 0.1) is 12.5 Å². The van der Waals surface area contributed by atoms with E-state index in [9.17, 15) is 9.90 Å². The van der Waals surface area contributed by atoms with Gasteiger partial charge < -0.3 is 10.4 Å². The molecule has 0 aromatic heterocycles. The predicted molar refractivity (Wildman–Crippen MR) is 66.8 cm³/mol. The molecule has 1 aliphatic carbocycles. The van der Waals surface area contributed by atoms with Crippen LogP contribution in [0.5, 0.6) is 0 Å². The number of aliphatic hydroxyl groups is 1. The van der Waals surface area contributed by atoms with Crippen molar-refractivity contribution in [3.63, 3.8) is 0 Å². The third kappa shape index (κ3) is 4.02. The maximum absolute atomic E-state index is 11.5. The van der Waals surface area contributed by atoms with Gasteiger partial charge in [-0.05, 0) is 36.5 Å². The van der Waals surface area contributed by atoms with Crippen molar-refractivity contribution in [3.05, 3.63) is 34.9 Å². The molecular weight excluding hydrogens is 238 g/mol. The van der Waals surface area contributed by atoms with Crippen molar-refractivity contribution in [2.75, 3.05) is 6.54 Å². The summed E-state index contributed by atoms with van der Waals surface area (Å²) in [5.41, 5.74) is 0.718. The summed E-state index contributed by atoms with van der Waals surface area (Å²) >= 11 is 5.75. The van der Waals surface area contributed by atoms with Crippen LogP contribution in [-0.4, -0.2) is 17.6 Å². The molecule has 0 radical (unpaired) electrons. The predicted octanol–water partition coefficient (Wildman–Crippen LogP) is 2.29. The van der Waals surface area contributed by atoms with Crippen LogP contribution in [-0.2, 0) is 4.79 Å². The van der Waals surface area contributed by atoms with Crippen LogP contribution in [0.3, 0.4) is 0 Å². The lowest BCUT2D eigenvalue weighted by Crippen LogP contribution is -2.26. The monoisotopic (exact) mass is 253 g/mol. The Bertz CT molecular complexity index is 387. The number of rotatable bonds is 5. The molecule has 1 unspecified atom stereocenters. The second-order valence-corrected chi connectivity index (χ2v) is 4.96. The Hall–Kier alpha value is -1.06. The first-order chi connectivity index (χ1) is 8.15. The molecule has 92 valence electrons. The Balaban J connectivity index is 1.80. The molecule has 4 heteroatoms. The largest absolute Gasteiger partial charge is 0.388 e. The highest BCUT2D eigenvalue weighted by Crippen LogP contribution is 2.27. The van der Waals surface area contributed by atoms with Gasteiger partial charge in [-0.3, -0.25) is 4.79 Å². The van der Waals surface area contributed by atoms with E-state index in [4.69, 9.17) is 11.6 Å². The van der Waals surface area contributed by atoms with Gasteiger partial charge in [0.15, 0.2) is 0 Å². The van der Waals surface area contributed by atoms with E-state index in [-0.39, 0.29) is 12.3 Å². The quantitative estimate of drug-likeness (QED) is 0.846. The van der Waals surface area contributed by atoms with Crippen molar-refractivity contribution in [2.24, 2.45) is 5.92 Å². The highest BCUT2D eigenvalue weighted by atomic mass is 35.5. The van der Waals surface area contributed by atoms with Gasteiger partial charge in [0.2, 0.25) is 5.91 Å². The summed E-state index contributed by atoms with van der Waals surface area (Å²) in [6, 6.07) is 6.90.